The Labute approximate surface area is 136 Å². The largest absolute Gasteiger partial charge is 0.573 e. The number of hydrogen-bond donors (Lipinski definition) is 1. The van der Waals surface area contributed by atoms with E-state index in [1.165, 1.54) is 0 Å². The minimum Gasteiger partial charge on any atom is -0.478 e. The topological polar surface area (TPSA) is 59.4 Å². The highest BCUT2D eigenvalue weighted by Crippen LogP contribution is 2.43. The maximum absolute atomic E-state index is 13.3. The SMILES string of the molecule is O=C(O)c1c(C(F)(F)F)nc2ccc(OC(F)(F)F)cc2c1C(F)(F)F. The van der Waals surface area contributed by atoms with Crippen molar-refractivity contribution in [1.82, 2.24) is 4.98 Å². The highest BCUT2D eigenvalue weighted by Gasteiger charge is 2.46. The van der Waals surface area contributed by atoms with Crippen LogP contribution in [-0.4, -0.2) is 22.4 Å². The number of aromatic carboxylic acids is 1. The van der Waals surface area contributed by atoms with Gasteiger partial charge in [-0.3, -0.25) is 0 Å². The summed E-state index contributed by atoms with van der Waals surface area (Å²) in [6, 6.07) is 0.987. The molecule has 2 rings (SSSR count). The van der Waals surface area contributed by atoms with Gasteiger partial charge >= 0.3 is 24.7 Å². The minimum absolute atomic E-state index is 0.116. The molecule has 1 N–H and O–H groups in total. The Balaban J connectivity index is 2.95. The molecule has 13 heteroatoms. The molecule has 0 aliphatic carbocycles. The summed E-state index contributed by atoms with van der Waals surface area (Å²) >= 11 is 0. The van der Waals surface area contributed by atoms with Crippen molar-refractivity contribution in [3.63, 3.8) is 0 Å². The van der Waals surface area contributed by atoms with E-state index in [0.717, 1.165) is 0 Å². The average Bonchev–Trinajstić information content (AvgIpc) is 2.41. The Morgan fingerprint density at radius 2 is 1.54 bits per heavy atom. The van der Waals surface area contributed by atoms with Gasteiger partial charge in [0.2, 0.25) is 0 Å². The fourth-order valence-corrected chi connectivity index (χ4v) is 2.15. The van der Waals surface area contributed by atoms with Crippen LogP contribution in [0.2, 0.25) is 0 Å². The van der Waals surface area contributed by atoms with Gasteiger partial charge in [0.1, 0.15) is 11.3 Å². The molecule has 1 aromatic carbocycles. The fourth-order valence-electron chi connectivity index (χ4n) is 2.15. The normalized spacial score (nSPS) is 13.1. The van der Waals surface area contributed by atoms with Crippen molar-refractivity contribution in [1.29, 1.82) is 0 Å². The van der Waals surface area contributed by atoms with Crippen LogP contribution >= 0.6 is 0 Å². The van der Waals surface area contributed by atoms with Gasteiger partial charge < -0.3 is 9.84 Å². The van der Waals surface area contributed by atoms with E-state index < -0.39 is 58.2 Å². The Morgan fingerprint density at radius 3 is 1.96 bits per heavy atom. The lowest BCUT2D eigenvalue weighted by Crippen LogP contribution is -2.22. The van der Waals surface area contributed by atoms with Crippen molar-refractivity contribution in [2.75, 3.05) is 0 Å². The van der Waals surface area contributed by atoms with Crippen LogP contribution in [0.5, 0.6) is 5.75 Å². The number of rotatable bonds is 2. The molecule has 0 amide bonds. The first-order chi connectivity index (χ1) is 11.6. The molecule has 0 unspecified atom stereocenters. The second-order valence-corrected chi connectivity index (χ2v) is 4.74. The van der Waals surface area contributed by atoms with Crippen molar-refractivity contribution in [2.45, 2.75) is 18.7 Å². The molecule has 2 aromatic rings. The summed E-state index contributed by atoms with van der Waals surface area (Å²) in [4.78, 5) is 13.9. The maximum Gasteiger partial charge on any atom is 0.573 e. The number of pyridine rings is 1. The van der Waals surface area contributed by atoms with Crippen LogP contribution in [0.25, 0.3) is 10.9 Å². The van der Waals surface area contributed by atoms with Gasteiger partial charge in [0, 0.05) is 5.39 Å². The Morgan fingerprint density at radius 1 is 0.962 bits per heavy atom. The minimum atomic E-state index is -5.63. The van der Waals surface area contributed by atoms with Gasteiger partial charge in [0.05, 0.1) is 11.1 Å². The summed E-state index contributed by atoms with van der Waals surface area (Å²) < 4.78 is 119. The van der Waals surface area contributed by atoms with E-state index in [9.17, 15) is 44.3 Å². The molecule has 0 fully saturated rings. The third-order valence-corrected chi connectivity index (χ3v) is 2.96. The number of hydrogen-bond acceptors (Lipinski definition) is 3. The smallest absolute Gasteiger partial charge is 0.478 e. The Bertz CT molecular complexity index is 868. The Hall–Kier alpha value is -2.73. The predicted molar refractivity (Wildman–Crippen MR) is 65.4 cm³/mol. The monoisotopic (exact) mass is 393 g/mol. The second-order valence-electron chi connectivity index (χ2n) is 4.74. The van der Waals surface area contributed by atoms with Crippen LogP contribution in [-0.2, 0) is 12.4 Å². The summed E-state index contributed by atoms with van der Waals surface area (Å²) in [6.07, 6.45) is -16.5. The summed E-state index contributed by atoms with van der Waals surface area (Å²) in [5.41, 5.74) is -7.84. The molecular formula is C13H4F9NO3. The summed E-state index contributed by atoms with van der Waals surface area (Å²) in [6.45, 7) is 0. The van der Waals surface area contributed by atoms with E-state index in [-0.39, 0.29) is 6.07 Å². The number of carbonyl (C=O) groups is 1. The molecule has 0 aliphatic rings. The van der Waals surface area contributed by atoms with Crippen molar-refractivity contribution in [3.05, 3.63) is 35.0 Å². The molecule has 0 bridgehead atoms. The molecule has 0 saturated carbocycles. The van der Waals surface area contributed by atoms with Crippen LogP contribution in [0.3, 0.4) is 0 Å². The van der Waals surface area contributed by atoms with Gasteiger partial charge in [-0.2, -0.15) is 26.3 Å². The van der Waals surface area contributed by atoms with E-state index in [0.29, 0.717) is 12.1 Å². The standard InChI is InChI=1S/C13H4F9NO3/c14-11(15,16)8-5-3-4(26-13(20,21)22)1-2-6(5)23-9(12(17,18)19)7(8)10(24)25/h1-3H,(H,24,25). The molecule has 0 spiro atoms. The van der Waals surface area contributed by atoms with Gasteiger partial charge in [0.15, 0.2) is 5.69 Å². The van der Waals surface area contributed by atoms with Crippen molar-refractivity contribution in [3.8, 4) is 5.75 Å². The molecule has 1 heterocycles. The second kappa shape index (κ2) is 5.92. The number of carboxylic acid groups (broad SMARTS) is 1. The van der Waals surface area contributed by atoms with Crippen molar-refractivity contribution >= 4 is 16.9 Å². The molecule has 26 heavy (non-hydrogen) atoms. The van der Waals surface area contributed by atoms with E-state index in [1.807, 2.05) is 0 Å². The molecule has 4 nitrogen and oxygen atoms in total. The summed E-state index contributed by atoms with van der Waals surface area (Å²) in [5.74, 6) is -3.78. The van der Waals surface area contributed by atoms with Crippen LogP contribution in [0.4, 0.5) is 39.5 Å². The number of halogens is 9. The number of benzene rings is 1. The number of alkyl halides is 9. The maximum atomic E-state index is 13.3. The quantitative estimate of drug-likeness (QED) is 0.740. The molecule has 0 saturated heterocycles. The highest BCUT2D eigenvalue weighted by molar-refractivity contribution is 5.98. The lowest BCUT2D eigenvalue weighted by atomic mass is 9.99. The molecule has 0 aliphatic heterocycles. The highest BCUT2D eigenvalue weighted by atomic mass is 19.4. The van der Waals surface area contributed by atoms with Crippen molar-refractivity contribution < 1.29 is 54.2 Å². The van der Waals surface area contributed by atoms with E-state index in [1.54, 1.807) is 0 Å². The van der Waals surface area contributed by atoms with Crippen LogP contribution in [0.1, 0.15) is 21.6 Å². The lowest BCUT2D eigenvalue weighted by Gasteiger charge is -2.18. The zero-order chi connectivity index (χ0) is 20.1. The zero-order valence-electron chi connectivity index (χ0n) is 11.8. The van der Waals surface area contributed by atoms with E-state index >= 15 is 0 Å². The molecule has 1 aromatic heterocycles. The van der Waals surface area contributed by atoms with E-state index in [4.69, 9.17) is 5.11 Å². The zero-order valence-corrected chi connectivity index (χ0v) is 11.8. The van der Waals surface area contributed by atoms with Gasteiger partial charge in [-0.1, -0.05) is 0 Å². The van der Waals surface area contributed by atoms with Crippen LogP contribution in [0, 0.1) is 0 Å². The van der Waals surface area contributed by atoms with Gasteiger partial charge in [-0.15, -0.1) is 13.2 Å². The predicted octanol–water partition coefficient (Wildman–Crippen LogP) is 4.87. The number of carboxylic acids is 1. The third-order valence-electron chi connectivity index (χ3n) is 2.96. The average molecular weight is 393 g/mol. The molecular weight excluding hydrogens is 389 g/mol. The van der Waals surface area contributed by atoms with Gasteiger partial charge in [0.25, 0.3) is 0 Å². The number of ether oxygens (including phenoxy) is 1. The molecule has 142 valence electrons. The van der Waals surface area contributed by atoms with E-state index in [2.05, 4.69) is 9.72 Å². The lowest BCUT2D eigenvalue weighted by molar-refractivity contribution is -0.274. The first-order valence-electron chi connectivity index (χ1n) is 6.22. The third kappa shape index (κ3) is 3.91. The first-order valence-corrected chi connectivity index (χ1v) is 6.22. The summed E-state index contributed by atoms with van der Waals surface area (Å²) in [5, 5.41) is 7.55. The van der Waals surface area contributed by atoms with Gasteiger partial charge in [-0.25, -0.2) is 9.78 Å². The first kappa shape index (κ1) is 19.6. The molecule has 0 radical (unpaired) electrons. The fraction of sp³-hybridized carbons (Fsp3) is 0.231. The van der Waals surface area contributed by atoms with Crippen LogP contribution < -0.4 is 4.74 Å². The Kier molecular flexibility index (Phi) is 4.46. The molecule has 0 atom stereocenters. The number of fused-ring (bicyclic) bond motifs is 1. The van der Waals surface area contributed by atoms with Crippen LogP contribution in [0.15, 0.2) is 18.2 Å². The number of aromatic nitrogens is 1. The van der Waals surface area contributed by atoms with Crippen molar-refractivity contribution in [2.24, 2.45) is 0 Å². The van der Waals surface area contributed by atoms with Gasteiger partial charge in [-0.05, 0) is 18.2 Å². The summed E-state index contributed by atoms with van der Waals surface area (Å²) in [7, 11) is 0. The number of nitrogens with zero attached hydrogens (tertiary/aromatic N) is 1.